The number of hydrogen-bond acceptors (Lipinski definition) is 15. The van der Waals surface area contributed by atoms with Crippen LogP contribution in [0.5, 0.6) is 0 Å². The third-order valence-electron chi connectivity index (χ3n) is 17.3. The summed E-state index contributed by atoms with van der Waals surface area (Å²) in [6.45, 7) is 14.2. The third-order valence-corrected chi connectivity index (χ3v) is 17.6. The summed E-state index contributed by atoms with van der Waals surface area (Å²) in [6.07, 6.45) is 11.5. The Labute approximate surface area is 430 Å². The number of nitriles is 1. The lowest BCUT2D eigenvalue weighted by atomic mass is 9.85. The van der Waals surface area contributed by atoms with Crippen molar-refractivity contribution in [2.75, 3.05) is 77.5 Å². The van der Waals surface area contributed by atoms with Gasteiger partial charge >= 0.3 is 0 Å². The molecular formula is C54H78ClN13O4. The number of ether oxygens (including phenoxy) is 1. The zero-order valence-corrected chi connectivity index (χ0v) is 43.2. The molecule has 7 aliphatic rings. The van der Waals surface area contributed by atoms with Gasteiger partial charge in [0.15, 0.2) is 6.35 Å². The third kappa shape index (κ3) is 11.0. The quantitative estimate of drug-likeness (QED) is 0.115. The van der Waals surface area contributed by atoms with E-state index in [4.69, 9.17) is 16.3 Å². The van der Waals surface area contributed by atoms with Crippen molar-refractivity contribution in [2.45, 2.75) is 139 Å². The lowest BCUT2D eigenvalue weighted by molar-refractivity contribution is -0.136. The number of hydrazine groups is 1. The number of nitrogens with zero attached hydrogens (tertiary/aromatic N) is 8. The minimum Gasteiger partial charge on any atom is -0.396 e. The van der Waals surface area contributed by atoms with Crippen LogP contribution < -0.4 is 37.2 Å². The number of likely N-dealkylation sites (N-methyl/N-ethyl adjacent to an activating group) is 1. The minimum atomic E-state index is -0.372. The lowest BCUT2D eigenvalue weighted by Gasteiger charge is -2.54. The van der Waals surface area contributed by atoms with Gasteiger partial charge in [0.2, 0.25) is 0 Å². The van der Waals surface area contributed by atoms with Crippen molar-refractivity contribution in [1.29, 1.82) is 5.26 Å². The van der Waals surface area contributed by atoms with Crippen molar-refractivity contribution in [3.8, 4) is 6.07 Å². The Morgan fingerprint density at radius 2 is 1.81 bits per heavy atom. The number of pyridine rings is 1. The Balaban J connectivity index is 0.800. The normalized spacial score (nSPS) is 31.9. The monoisotopic (exact) mass is 1010 g/mol. The van der Waals surface area contributed by atoms with Crippen LogP contribution in [0.4, 0.5) is 5.69 Å². The summed E-state index contributed by atoms with van der Waals surface area (Å²) in [5.41, 5.74) is 5.88. The molecule has 2 aromatic carbocycles. The molecule has 6 N–H and O–H groups in total. The SMILES string of the molecule is C=C(Cn1cc(CNC2CC(N3CCCC[C@H]3CCO)NC3C(CC)CNN23)ccc1=O)C(=O)N1CCN(C2NC(OC[C@@H]3CCCN3C)NC3CN(c4cccc5cccc(Cl)c45)CCC32)C[C@@H]1CC#N. The van der Waals surface area contributed by atoms with Crippen molar-refractivity contribution >= 4 is 34.0 Å². The maximum Gasteiger partial charge on any atom is 0.251 e. The fourth-order valence-corrected chi connectivity index (χ4v) is 13.6. The summed E-state index contributed by atoms with van der Waals surface area (Å²) in [6, 6.07) is 18.8. The first-order valence-corrected chi connectivity index (χ1v) is 27.4. The first-order valence-electron chi connectivity index (χ1n) is 27.0. The number of piperidine rings is 2. The fourth-order valence-electron chi connectivity index (χ4n) is 13.3. The van der Waals surface area contributed by atoms with Crippen LogP contribution in [0.3, 0.4) is 0 Å². The maximum absolute atomic E-state index is 14.5. The number of halogens is 1. The standard InChI is InChI=1S/C54H78ClN13O4/c1-4-38-30-58-68-47(28-48(60-51(38)68)66-23-6-5-12-40(66)20-27-69)57-29-37-16-17-49(70)65(32-37)31-36(2)53(71)67-26-25-64(33-41(67)18-21-56)52-43-19-24-63(46-15-8-11-39-10-7-14-44(55)50(39)46)34-45(43)59-54(61-52)72-35-42-13-9-22-62(42)3/h7-8,10-11,14-17,32,38,40-43,45,47-48,51-52,54,57-61,69H,2,4-6,9,12-13,18-20,22-31,33-35H2,1,3H3/t38?,40-,41-,42-,43?,45?,47?,48?,51?,52?,54?/m0/s1. The zero-order valence-electron chi connectivity index (χ0n) is 42.4. The molecule has 7 aliphatic heterocycles. The van der Waals surface area contributed by atoms with E-state index in [0.29, 0.717) is 56.4 Å². The molecule has 3 aromatic rings. The van der Waals surface area contributed by atoms with Crippen molar-refractivity contribution in [3.63, 3.8) is 0 Å². The summed E-state index contributed by atoms with van der Waals surface area (Å²) in [7, 11) is 2.17. The van der Waals surface area contributed by atoms with Crippen molar-refractivity contribution < 1.29 is 14.6 Å². The summed E-state index contributed by atoms with van der Waals surface area (Å²) >= 11 is 6.85. The van der Waals surface area contributed by atoms with Gasteiger partial charge in [-0.25, -0.2) is 5.01 Å². The second kappa shape index (κ2) is 23.3. The Bertz CT molecular complexity index is 2470. The van der Waals surface area contributed by atoms with E-state index in [1.54, 1.807) is 10.6 Å². The van der Waals surface area contributed by atoms with Crippen LogP contribution >= 0.6 is 11.6 Å². The number of likely N-dealkylation sites (tertiary alicyclic amines) is 2. The van der Waals surface area contributed by atoms with Crippen LogP contribution in [0.2, 0.25) is 5.02 Å². The molecule has 8 heterocycles. The van der Waals surface area contributed by atoms with Crippen LogP contribution in [0.25, 0.3) is 10.8 Å². The lowest BCUT2D eigenvalue weighted by Crippen LogP contribution is -2.74. The van der Waals surface area contributed by atoms with Crippen LogP contribution in [-0.2, 0) is 22.6 Å². The van der Waals surface area contributed by atoms with Gasteiger partial charge in [-0.05, 0) is 88.2 Å². The van der Waals surface area contributed by atoms with E-state index in [0.717, 1.165) is 98.3 Å². The first kappa shape index (κ1) is 51.5. The van der Waals surface area contributed by atoms with Gasteiger partial charge in [0.1, 0.15) is 0 Å². The van der Waals surface area contributed by atoms with E-state index < -0.39 is 0 Å². The van der Waals surface area contributed by atoms with Crippen LogP contribution in [0.15, 0.2) is 71.7 Å². The number of carbonyl (C=O) groups excluding carboxylic acids is 1. The molecule has 0 bridgehead atoms. The Morgan fingerprint density at radius 3 is 2.61 bits per heavy atom. The van der Waals surface area contributed by atoms with Crippen molar-refractivity contribution in [3.05, 3.63) is 87.8 Å². The first-order chi connectivity index (χ1) is 35.1. The summed E-state index contributed by atoms with van der Waals surface area (Å²) < 4.78 is 8.27. The molecule has 18 heteroatoms. The Hall–Kier alpha value is -4.00. The number of aliphatic hydroxyl groups is 1. The van der Waals surface area contributed by atoms with E-state index in [2.05, 4.69) is 102 Å². The minimum absolute atomic E-state index is 0.0405. The van der Waals surface area contributed by atoms with Crippen molar-refractivity contribution in [1.82, 2.24) is 55.9 Å². The molecular weight excluding hydrogens is 930 g/mol. The van der Waals surface area contributed by atoms with Gasteiger partial charge in [0.05, 0.1) is 61.4 Å². The molecule has 0 spiro atoms. The molecule has 0 saturated carbocycles. The van der Waals surface area contributed by atoms with Gasteiger partial charge in [-0.1, -0.05) is 61.9 Å². The number of nitrogens with one attached hydrogen (secondary N) is 5. The molecule has 0 aliphatic carbocycles. The number of hydrogen-bond donors (Lipinski definition) is 6. The Morgan fingerprint density at radius 1 is 0.958 bits per heavy atom. The highest BCUT2D eigenvalue weighted by molar-refractivity contribution is 6.36. The second-order valence-electron chi connectivity index (χ2n) is 21.6. The molecule has 1 aromatic heterocycles. The molecule has 1 amide bonds. The van der Waals surface area contributed by atoms with Crippen molar-refractivity contribution in [2.24, 2.45) is 11.8 Å². The van der Waals surface area contributed by atoms with E-state index in [1.807, 2.05) is 29.3 Å². The second-order valence-corrected chi connectivity index (χ2v) is 22.0. The largest absolute Gasteiger partial charge is 0.396 e. The fraction of sp³-hybridized carbons (Fsp3) is 0.648. The average molecular weight is 1010 g/mol. The number of piperazine rings is 1. The van der Waals surface area contributed by atoms with Crippen LogP contribution in [-0.4, -0.2) is 168 Å². The number of fused-ring (bicyclic) bond motifs is 3. The molecule has 10 rings (SSSR count). The summed E-state index contributed by atoms with van der Waals surface area (Å²) in [5.74, 6) is 0.491. The molecule has 17 nitrogen and oxygen atoms in total. The average Bonchev–Trinajstić information content (AvgIpc) is 4.02. The van der Waals surface area contributed by atoms with Gasteiger partial charge < -0.3 is 29.1 Å². The molecule has 390 valence electrons. The molecule has 8 unspecified atom stereocenters. The number of anilines is 1. The highest BCUT2D eigenvalue weighted by Crippen LogP contribution is 2.38. The van der Waals surface area contributed by atoms with Gasteiger partial charge in [-0.3, -0.25) is 46.1 Å². The molecule has 0 radical (unpaired) electrons. The van der Waals surface area contributed by atoms with Gasteiger partial charge in [-0.2, -0.15) is 5.26 Å². The predicted molar refractivity (Wildman–Crippen MR) is 281 cm³/mol. The summed E-state index contributed by atoms with van der Waals surface area (Å²) in [4.78, 5) is 39.6. The molecule has 72 heavy (non-hydrogen) atoms. The topological polar surface area (TPSA) is 172 Å². The predicted octanol–water partition coefficient (Wildman–Crippen LogP) is 3.59. The molecule has 11 atom stereocenters. The maximum atomic E-state index is 14.5. The van der Waals surface area contributed by atoms with E-state index in [-0.39, 0.29) is 80.1 Å². The highest BCUT2D eigenvalue weighted by atomic mass is 35.5. The number of aromatic nitrogens is 1. The summed E-state index contributed by atoms with van der Waals surface area (Å²) in [5, 5.41) is 40.9. The number of amides is 1. The van der Waals surface area contributed by atoms with Gasteiger partial charge in [0, 0.05) is 118 Å². The van der Waals surface area contributed by atoms with Crippen LogP contribution in [0, 0.1) is 23.2 Å². The van der Waals surface area contributed by atoms with Gasteiger partial charge in [-0.15, -0.1) is 0 Å². The number of aliphatic hydroxyl groups excluding tert-OH is 1. The molecule has 7 fully saturated rings. The number of benzene rings is 2. The number of rotatable bonds is 16. The van der Waals surface area contributed by atoms with E-state index >= 15 is 0 Å². The Kier molecular flexibility index (Phi) is 16.6. The zero-order chi connectivity index (χ0) is 49.9. The smallest absolute Gasteiger partial charge is 0.251 e. The number of carbonyl (C=O) groups is 1. The van der Waals surface area contributed by atoms with E-state index in [9.17, 15) is 20.0 Å². The highest BCUT2D eigenvalue weighted by Gasteiger charge is 2.47. The van der Waals surface area contributed by atoms with Gasteiger partial charge in [0.25, 0.3) is 11.5 Å². The van der Waals surface area contributed by atoms with Crippen LogP contribution in [0.1, 0.15) is 76.7 Å². The van der Waals surface area contributed by atoms with E-state index in [1.165, 1.54) is 19.3 Å². The molecule has 7 saturated heterocycles.